The van der Waals surface area contributed by atoms with Crippen molar-refractivity contribution in [2.24, 2.45) is 5.92 Å². The Balaban J connectivity index is 2.68. The molecule has 1 unspecified atom stereocenters. The molecule has 6 nitrogen and oxygen atoms in total. The van der Waals surface area contributed by atoms with Crippen LogP contribution in [0.25, 0.3) is 0 Å². The van der Waals surface area contributed by atoms with Crippen LogP contribution in [0.1, 0.15) is 19.0 Å². The van der Waals surface area contributed by atoms with Crippen molar-refractivity contribution in [3.63, 3.8) is 0 Å². The zero-order chi connectivity index (χ0) is 12.8. The normalized spacial score (nSPS) is 11.9. The zero-order valence-electron chi connectivity index (χ0n) is 10.2. The Bertz CT molecular complexity index is 396. The molecule has 1 heterocycles. The van der Waals surface area contributed by atoms with Gasteiger partial charge in [-0.15, -0.1) is 0 Å². The first-order valence-electron chi connectivity index (χ1n) is 5.43. The van der Waals surface area contributed by atoms with Crippen LogP contribution in [-0.2, 0) is 4.79 Å². The van der Waals surface area contributed by atoms with E-state index in [1.807, 2.05) is 13.8 Å². The predicted octanol–water partition coefficient (Wildman–Crippen LogP) is 1.32. The number of hydrogen-bond donors (Lipinski definition) is 2. The third-order valence-electron chi connectivity index (χ3n) is 2.39. The lowest BCUT2D eigenvalue weighted by Gasteiger charge is -2.11. The monoisotopic (exact) mass is 239 g/mol. The topological polar surface area (TPSA) is 84.3 Å². The van der Waals surface area contributed by atoms with E-state index in [0.29, 0.717) is 24.8 Å². The summed E-state index contributed by atoms with van der Waals surface area (Å²) in [5, 5.41) is 11.8. The summed E-state index contributed by atoms with van der Waals surface area (Å²) in [6, 6.07) is 1.71. The first kappa shape index (κ1) is 13.2. The first-order chi connectivity index (χ1) is 8.06. The minimum Gasteiger partial charge on any atom is -0.481 e. The molecule has 0 spiro atoms. The van der Waals surface area contributed by atoms with E-state index in [0.717, 1.165) is 5.69 Å². The van der Waals surface area contributed by atoms with Gasteiger partial charge in [0, 0.05) is 18.3 Å². The van der Waals surface area contributed by atoms with Gasteiger partial charge in [0.25, 0.3) is 0 Å². The van der Waals surface area contributed by atoms with Crippen LogP contribution in [0.3, 0.4) is 0 Å². The second-order valence-electron chi connectivity index (χ2n) is 3.70. The van der Waals surface area contributed by atoms with Crippen molar-refractivity contribution in [2.45, 2.75) is 20.3 Å². The highest BCUT2D eigenvalue weighted by atomic mass is 16.5. The molecule has 0 radical (unpaired) electrons. The number of carboxylic acids is 1. The first-order valence-corrected chi connectivity index (χ1v) is 5.43. The summed E-state index contributed by atoms with van der Waals surface area (Å²) in [6.07, 6.45) is 0.561. The van der Waals surface area contributed by atoms with Crippen molar-refractivity contribution in [3.8, 4) is 5.88 Å². The average Bonchev–Trinajstić information content (AvgIpc) is 2.28. The Hall–Kier alpha value is -1.85. The van der Waals surface area contributed by atoms with Gasteiger partial charge in [-0.1, -0.05) is 6.92 Å². The molecule has 1 aromatic rings. The summed E-state index contributed by atoms with van der Waals surface area (Å²) in [7, 11) is 1.53. The van der Waals surface area contributed by atoms with E-state index in [1.165, 1.54) is 7.11 Å². The Morgan fingerprint density at radius 2 is 2.29 bits per heavy atom. The molecule has 1 aromatic heterocycles. The molecule has 6 heteroatoms. The highest BCUT2D eigenvalue weighted by Gasteiger charge is 2.15. The van der Waals surface area contributed by atoms with Gasteiger partial charge in [-0.05, 0) is 13.3 Å². The molecule has 17 heavy (non-hydrogen) atoms. The van der Waals surface area contributed by atoms with Crippen LogP contribution in [0.5, 0.6) is 5.88 Å². The third kappa shape index (κ3) is 3.90. The van der Waals surface area contributed by atoms with E-state index in [-0.39, 0.29) is 0 Å². The summed E-state index contributed by atoms with van der Waals surface area (Å²) < 4.78 is 5.01. The third-order valence-corrected chi connectivity index (χ3v) is 2.39. The second kappa shape index (κ2) is 6.03. The molecule has 0 aromatic carbocycles. The molecule has 0 amide bonds. The van der Waals surface area contributed by atoms with Gasteiger partial charge in [-0.2, -0.15) is 4.98 Å². The van der Waals surface area contributed by atoms with Crippen molar-refractivity contribution in [2.75, 3.05) is 19.0 Å². The van der Waals surface area contributed by atoms with E-state index in [2.05, 4.69) is 15.3 Å². The number of aryl methyl sites for hydroxylation is 1. The molecule has 0 fully saturated rings. The lowest BCUT2D eigenvalue weighted by atomic mass is 10.1. The summed E-state index contributed by atoms with van der Waals surface area (Å²) in [5.74, 6) is -0.408. The van der Waals surface area contributed by atoms with E-state index < -0.39 is 11.9 Å². The van der Waals surface area contributed by atoms with Gasteiger partial charge in [0.2, 0.25) is 11.8 Å². The number of nitrogens with one attached hydrogen (secondary N) is 1. The molecule has 94 valence electrons. The molecule has 1 rings (SSSR count). The van der Waals surface area contributed by atoms with Crippen LogP contribution in [0, 0.1) is 12.8 Å². The maximum atomic E-state index is 10.8. The molecule has 2 N–H and O–H groups in total. The maximum absolute atomic E-state index is 10.8. The van der Waals surface area contributed by atoms with E-state index in [1.54, 1.807) is 6.07 Å². The fourth-order valence-electron chi connectivity index (χ4n) is 1.34. The number of carboxylic acid groups (broad SMARTS) is 1. The van der Waals surface area contributed by atoms with Crippen molar-refractivity contribution in [1.29, 1.82) is 0 Å². The molecule has 1 atom stereocenters. The molecule has 0 aliphatic heterocycles. The molecule has 0 saturated carbocycles. The van der Waals surface area contributed by atoms with Crippen molar-refractivity contribution >= 4 is 11.9 Å². The van der Waals surface area contributed by atoms with Crippen LogP contribution in [0.15, 0.2) is 6.07 Å². The highest BCUT2D eigenvalue weighted by Crippen LogP contribution is 2.12. The number of anilines is 1. The number of hydrogen-bond acceptors (Lipinski definition) is 5. The predicted molar refractivity (Wildman–Crippen MR) is 63.2 cm³/mol. The van der Waals surface area contributed by atoms with Crippen molar-refractivity contribution in [3.05, 3.63) is 11.8 Å². The summed E-state index contributed by atoms with van der Waals surface area (Å²) in [5.41, 5.74) is 0.766. The largest absolute Gasteiger partial charge is 0.481 e. The fraction of sp³-hybridized carbons (Fsp3) is 0.545. The Morgan fingerprint density at radius 3 is 2.82 bits per heavy atom. The van der Waals surface area contributed by atoms with Crippen LogP contribution in [0.2, 0.25) is 0 Å². The van der Waals surface area contributed by atoms with Crippen LogP contribution in [0.4, 0.5) is 5.95 Å². The second-order valence-corrected chi connectivity index (χ2v) is 3.70. The number of ether oxygens (including phenoxy) is 1. The van der Waals surface area contributed by atoms with Crippen LogP contribution < -0.4 is 10.1 Å². The quantitative estimate of drug-likeness (QED) is 0.778. The van der Waals surface area contributed by atoms with Gasteiger partial charge < -0.3 is 15.2 Å². The highest BCUT2D eigenvalue weighted by molar-refractivity contribution is 5.70. The van der Waals surface area contributed by atoms with Gasteiger partial charge in [0.05, 0.1) is 13.0 Å². The van der Waals surface area contributed by atoms with Crippen LogP contribution >= 0.6 is 0 Å². The van der Waals surface area contributed by atoms with E-state index in [9.17, 15) is 4.79 Å². The number of nitrogens with zero attached hydrogens (tertiary/aromatic N) is 2. The standard InChI is InChI=1S/C11H17N3O3/c1-4-8(10(15)16)6-12-11-13-7(2)5-9(14-11)17-3/h5,8H,4,6H2,1-3H3,(H,15,16)(H,12,13,14). The fourth-order valence-corrected chi connectivity index (χ4v) is 1.34. The average molecular weight is 239 g/mol. The molecular formula is C11H17N3O3. The maximum Gasteiger partial charge on any atom is 0.308 e. The Labute approximate surface area is 100 Å². The number of rotatable bonds is 6. The van der Waals surface area contributed by atoms with Crippen LogP contribution in [-0.4, -0.2) is 34.7 Å². The summed E-state index contributed by atoms with van der Waals surface area (Å²) >= 11 is 0. The minimum atomic E-state index is -0.820. The Morgan fingerprint density at radius 1 is 1.59 bits per heavy atom. The minimum absolute atomic E-state index is 0.304. The van der Waals surface area contributed by atoms with E-state index >= 15 is 0 Å². The number of aliphatic carboxylic acids is 1. The van der Waals surface area contributed by atoms with Gasteiger partial charge in [0.15, 0.2) is 0 Å². The SMILES string of the molecule is CCC(CNc1nc(C)cc(OC)n1)C(=O)O. The lowest BCUT2D eigenvalue weighted by Crippen LogP contribution is -2.23. The number of carbonyl (C=O) groups is 1. The smallest absolute Gasteiger partial charge is 0.308 e. The lowest BCUT2D eigenvalue weighted by molar-refractivity contribution is -0.141. The summed E-state index contributed by atoms with van der Waals surface area (Å²) in [6.45, 7) is 3.96. The van der Waals surface area contributed by atoms with Crippen molar-refractivity contribution < 1.29 is 14.6 Å². The van der Waals surface area contributed by atoms with E-state index in [4.69, 9.17) is 9.84 Å². The van der Waals surface area contributed by atoms with Gasteiger partial charge in [-0.3, -0.25) is 4.79 Å². The molecule has 0 bridgehead atoms. The molecule has 0 saturated heterocycles. The van der Waals surface area contributed by atoms with Gasteiger partial charge in [0.1, 0.15) is 0 Å². The Kier molecular flexibility index (Phi) is 4.68. The van der Waals surface area contributed by atoms with Gasteiger partial charge >= 0.3 is 5.97 Å². The van der Waals surface area contributed by atoms with Crippen molar-refractivity contribution in [1.82, 2.24) is 9.97 Å². The molecule has 0 aliphatic carbocycles. The zero-order valence-corrected chi connectivity index (χ0v) is 10.2. The van der Waals surface area contributed by atoms with Gasteiger partial charge in [-0.25, -0.2) is 4.98 Å². The number of methoxy groups -OCH3 is 1. The number of aromatic nitrogens is 2. The summed E-state index contributed by atoms with van der Waals surface area (Å²) in [4.78, 5) is 19.1. The molecular weight excluding hydrogens is 222 g/mol. The molecule has 0 aliphatic rings.